The molecule has 1 aliphatic rings. The average Bonchev–Trinajstić information content (AvgIpc) is 2.63. The van der Waals surface area contributed by atoms with Crippen LogP contribution in [-0.4, -0.2) is 19.0 Å². The van der Waals surface area contributed by atoms with Crippen LogP contribution in [0.1, 0.15) is 26.2 Å². The fourth-order valence-corrected chi connectivity index (χ4v) is 3.40. The van der Waals surface area contributed by atoms with E-state index in [0.717, 1.165) is 30.2 Å². The summed E-state index contributed by atoms with van der Waals surface area (Å²) in [5.74, 6) is 1.10. The highest BCUT2D eigenvalue weighted by Gasteiger charge is 2.22. The van der Waals surface area contributed by atoms with E-state index in [1.165, 1.54) is 12.8 Å². The summed E-state index contributed by atoms with van der Waals surface area (Å²) in [4.78, 5) is 12.4. The van der Waals surface area contributed by atoms with Crippen molar-refractivity contribution in [2.24, 2.45) is 11.8 Å². The van der Waals surface area contributed by atoms with Crippen LogP contribution in [0.25, 0.3) is 0 Å². The van der Waals surface area contributed by atoms with Crippen LogP contribution in [0.15, 0.2) is 54.6 Å². The fourth-order valence-electron chi connectivity index (χ4n) is 3.40. The summed E-state index contributed by atoms with van der Waals surface area (Å²) in [6.45, 7) is 4.33. The van der Waals surface area contributed by atoms with Crippen molar-refractivity contribution in [3.63, 3.8) is 0 Å². The normalized spacial score (nSPS) is 18.4. The smallest absolute Gasteiger partial charge is 0.224 e. The highest BCUT2D eigenvalue weighted by Crippen LogP contribution is 2.24. The lowest BCUT2D eigenvalue weighted by molar-refractivity contribution is -0.117. The van der Waals surface area contributed by atoms with Gasteiger partial charge < -0.3 is 16.0 Å². The second kappa shape index (κ2) is 8.67. The van der Waals surface area contributed by atoms with E-state index in [1.54, 1.807) is 0 Å². The molecule has 2 aromatic rings. The quantitative estimate of drug-likeness (QED) is 0.732. The van der Waals surface area contributed by atoms with Gasteiger partial charge in [-0.2, -0.15) is 0 Å². The zero-order valence-corrected chi connectivity index (χ0v) is 14.8. The Morgan fingerprint density at radius 3 is 2.64 bits per heavy atom. The number of amides is 1. The van der Waals surface area contributed by atoms with E-state index in [2.05, 4.69) is 22.9 Å². The first-order chi connectivity index (χ1) is 12.2. The van der Waals surface area contributed by atoms with E-state index in [4.69, 9.17) is 0 Å². The summed E-state index contributed by atoms with van der Waals surface area (Å²) in [5, 5.41) is 9.82. The Morgan fingerprint density at radius 2 is 1.88 bits per heavy atom. The van der Waals surface area contributed by atoms with Crippen molar-refractivity contribution in [3.8, 4) is 0 Å². The van der Waals surface area contributed by atoms with Crippen LogP contribution < -0.4 is 16.0 Å². The highest BCUT2D eigenvalue weighted by molar-refractivity contribution is 5.91. The molecule has 1 aliphatic heterocycles. The molecule has 1 saturated heterocycles. The van der Waals surface area contributed by atoms with Gasteiger partial charge in [0.05, 0.1) is 0 Å². The Kier molecular flexibility index (Phi) is 6.07. The molecule has 0 aliphatic carbocycles. The van der Waals surface area contributed by atoms with Crippen LogP contribution in [0, 0.1) is 11.8 Å². The zero-order valence-electron chi connectivity index (χ0n) is 14.8. The highest BCUT2D eigenvalue weighted by atomic mass is 16.1. The second-order valence-electron chi connectivity index (χ2n) is 6.91. The summed E-state index contributed by atoms with van der Waals surface area (Å²) in [7, 11) is 0. The number of hydrogen-bond donors (Lipinski definition) is 3. The van der Waals surface area contributed by atoms with Gasteiger partial charge in [0.15, 0.2) is 0 Å². The van der Waals surface area contributed by atoms with Crippen LogP contribution in [0.4, 0.5) is 17.1 Å². The SMILES string of the molecule is CC(CC(=O)Nc1cccc(Nc2ccccc2)c1)C1CCCNC1. The van der Waals surface area contributed by atoms with Crippen molar-refractivity contribution in [1.29, 1.82) is 0 Å². The lowest BCUT2D eigenvalue weighted by Crippen LogP contribution is -2.34. The molecular weight excluding hydrogens is 310 g/mol. The van der Waals surface area contributed by atoms with E-state index in [-0.39, 0.29) is 5.91 Å². The third kappa shape index (κ3) is 5.33. The van der Waals surface area contributed by atoms with Gasteiger partial charge in [-0.1, -0.05) is 31.2 Å². The van der Waals surface area contributed by atoms with Gasteiger partial charge in [0.1, 0.15) is 0 Å². The Labute approximate surface area is 150 Å². The summed E-state index contributed by atoms with van der Waals surface area (Å²) in [5.41, 5.74) is 2.83. The van der Waals surface area contributed by atoms with Crippen molar-refractivity contribution in [2.75, 3.05) is 23.7 Å². The van der Waals surface area contributed by atoms with Gasteiger partial charge in [0, 0.05) is 23.5 Å². The molecule has 3 rings (SSSR count). The largest absolute Gasteiger partial charge is 0.355 e. The van der Waals surface area contributed by atoms with Crippen molar-refractivity contribution in [1.82, 2.24) is 5.32 Å². The van der Waals surface area contributed by atoms with E-state index < -0.39 is 0 Å². The molecule has 3 N–H and O–H groups in total. The predicted octanol–water partition coefficient (Wildman–Crippen LogP) is 4.39. The molecule has 0 spiro atoms. The monoisotopic (exact) mass is 337 g/mol. The number of carbonyl (C=O) groups excluding carboxylic acids is 1. The van der Waals surface area contributed by atoms with Gasteiger partial charge in [0.25, 0.3) is 0 Å². The van der Waals surface area contributed by atoms with Gasteiger partial charge in [-0.05, 0) is 68.1 Å². The van der Waals surface area contributed by atoms with E-state index in [1.807, 2.05) is 54.6 Å². The minimum atomic E-state index is 0.0925. The topological polar surface area (TPSA) is 53.2 Å². The maximum atomic E-state index is 12.4. The average molecular weight is 337 g/mol. The molecule has 0 radical (unpaired) electrons. The number of carbonyl (C=O) groups is 1. The van der Waals surface area contributed by atoms with Crippen LogP contribution in [-0.2, 0) is 4.79 Å². The summed E-state index contributed by atoms with van der Waals surface area (Å²) in [6, 6.07) is 17.9. The first-order valence-corrected chi connectivity index (χ1v) is 9.13. The molecule has 0 bridgehead atoms. The molecular formula is C21H27N3O. The van der Waals surface area contributed by atoms with Crippen molar-refractivity contribution in [2.45, 2.75) is 26.2 Å². The molecule has 4 heteroatoms. The minimum absolute atomic E-state index is 0.0925. The maximum Gasteiger partial charge on any atom is 0.224 e. The van der Waals surface area contributed by atoms with Gasteiger partial charge in [-0.25, -0.2) is 0 Å². The second-order valence-corrected chi connectivity index (χ2v) is 6.91. The molecule has 2 unspecified atom stereocenters. The molecule has 0 aromatic heterocycles. The Morgan fingerprint density at radius 1 is 1.12 bits per heavy atom. The molecule has 25 heavy (non-hydrogen) atoms. The maximum absolute atomic E-state index is 12.4. The molecule has 0 saturated carbocycles. The van der Waals surface area contributed by atoms with Crippen molar-refractivity contribution < 1.29 is 4.79 Å². The van der Waals surface area contributed by atoms with Gasteiger partial charge in [-0.3, -0.25) is 4.79 Å². The number of piperidine rings is 1. The molecule has 1 heterocycles. The standard InChI is InChI=1S/C21H27N3O/c1-16(17-7-6-12-22-15-17)13-21(25)24-20-11-5-10-19(14-20)23-18-8-3-2-4-9-18/h2-5,8-11,14,16-17,22-23H,6-7,12-13,15H2,1H3,(H,24,25). The molecule has 1 fully saturated rings. The molecule has 4 nitrogen and oxygen atoms in total. The van der Waals surface area contributed by atoms with Gasteiger partial charge in [-0.15, -0.1) is 0 Å². The molecule has 2 aromatic carbocycles. The van der Waals surface area contributed by atoms with Gasteiger partial charge >= 0.3 is 0 Å². The number of benzene rings is 2. The number of hydrogen-bond acceptors (Lipinski definition) is 3. The Balaban J connectivity index is 1.55. The van der Waals surface area contributed by atoms with Crippen LogP contribution in [0.3, 0.4) is 0 Å². The van der Waals surface area contributed by atoms with E-state index >= 15 is 0 Å². The van der Waals surface area contributed by atoms with E-state index in [0.29, 0.717) is 18.3 Å². The third-order valence-electron chi connectivity index (χ3n) is 4.86. The third-order valence-corrected chi connectivity index (χ3v) is 4.86. The fraction of sp³-hybridized carbons (Fsp3) is 0.381. The van der Waals surface area contributed by atoms with E-state index in [9.17, 15) is 4.79 Å². The van der Waals surface area contributed by atoms with Crippen LogP contribution in [0.2, 0.25) is 0 Å². The first-order valence-electron chi connectivity index (χ1n) is 9.13. The number of para-hydroxylation sites is 1. The molecule has 2 atom stereocenters. The summed E-state index contributed by atoms with van der Waals surface area (Å²) >= 11 is 0. The van der Waals surface area contributed by atoms with Crippen LogP contribution >= 0.6 is 0 Å². The van der Waals surface area contributed by atoms with Crippen molar-refractivity contribution >= 4 is 23.0 Å². The van der Waals surface area contributed by atoms with Crippen molar-refractivity contribution in [3.05, 3.63) is 54.6 Å². The molecule has 132 valence electrons. The summed E-state index contributed by atoms with van der Waals surface area (Å²) < 4.78 is 0. The minimum Gasteiger partial charge on any atom is -0.355 e. The number of rotatable bonds is 6. The lowest BCUT2D eigenvalue weighted by atomic mass is 9.85. The zero-order chi connectivity index (χ0) is 17.5. The van der Waals surface area contributed by atoms with Gasteiger partial charge in [0.2, 0.25) is 5.91 Å². The first kappa shape index (κ1) is 17.5. The Bertz CT molecular complexity index is 681. The molecule has 1 amide bonds. The Hall–Kier alpha value is -2.33. The van der Waals surface area contributed by atoms with Crippen LogP contribution in [0.5, 0.6) is 0 Å². The predicted molar refractivity (Wildman–Crippen MR) is 104 cm³/mol. The lowest BCUT2D eigenvalue weighted by Gasteiger charge is -2.28. The summed E-state index contributed by atoms with van der Waals surface area (Å²) in [6.07, 6.45) is 3.00. The number of anilines is 3. The number of nitrogens with one attached hydrogen (secondary N) is 3.